The molecule has 2 fully saturated rings. The lowest BCUT2D eigenvalue weighted by atomic mass is 9.82. The van der Waals surface area contributed by atoms with Gasteiger partial charge in [0.2, 0.25) is 0 Å². The van der Waals surface area contributed by atoms with Gasteiger partial charge in [-0.1, -0.05) is 18.6 Å². The molecule has 2 saturated carbocycles. The van der Waals surface area contributed by atoms with E-state index in [1.807, 2.05) is 12.1 Å². The van der Waals surface area contributed by atoms with Gasteiger partial charge in [0.25, 0.3) is 0 Å². The molecule has 0 heterocycles. The zero-order chi connectivity index (χ0) is 13.4. The molecule has 0 radical (unpaired) electrons. The predicted octanol–water partition coefficient (Wildman–Crippen LogP) is 2.94. The van der Waals surface area contributed by atoms with Crippen LogP contribution in [0.25, 0.3) is 0 Å². The lowest BCUT2D eigenvalue weighted by Crippen LogP contribution is -2.19. The molecule has 2 aliphatic rings. The van der Waals surface area contributed by atoms with Gasteiger partial charge in [0.15, 0.2) is 0 Å². The Balaban J connectivity index is 1.73. The van der Waals surface area contributed by atoms with Crippen LogP contribution in [-0.2, 0) is 4.74 Å². The van der Waals surface area contributed by atoms with E-state index in [4.69, 9.17) is 0 Å². The molecule has 0 amide bonds. The van der Waals surface area contributed by atoms with Crippen LogP contribution in [0.5, 0.6) is 0 Å². The summed E-state index contributed by atoms with van der Waals surface area (Å²) in [6.45, 7) is 0. The van der Waals surface area contributed by atoms with Crippen molar-refractivity contribution in [3.63, 3.8) is 0 Å². The third-order valence-corrected chi connectivity index (χ3v) is 4.87. The van der Waals surface area contributed by atoms with Crippen molar-refractivity contribution >= 4 is 5.97 Å². The first-order chi connectivity index (χ1) is 9.19. The van der Waals surface area contributed by atoms with E-state index >= 15 is 0 Å². The van der Waals surface area contributed by atoms with Crippen LogP contribution in [0.1, 0.15) is 47.7 Å². The number of carbonyl (C=O) groups is 1. The second-order valence-electron chi connectivity index (χ2n) is 5.90. The van der Waals surface area contributed by atoms with Crippen molar-refractivity contribution in [1.29, 1.82) is 0 Å². The van der Waals surface area contributed by atoms with Crippen molar-refractivity contribution in [1.82, 2.24) is 0 Å². The minimum atomic E-state index is -0.387. The van der Waals surface area contributed by atoms with Crippen LogP contribution in [0.2, 0.25) is 0 Å². The van der Waals surface area contributed by atoms with Crippen LogP contribution in [0, 0.1) is 17.8 Å². The van der Waals surface area contributed by atoms with Gasteiger partial charge in [0.1, 0.15) is 0 Å². The topological polar surface area (TPSA) is 46.5 Å². The molecule has 4 atom stereocenters. The molecule has 3 rings (SSSR count). The van der Waals surface area contributed by atoms with Crippen LogP contribution in [0.15, 0.2) is 24.3 Å². The fourth-order valence-corrected chi connectivity index (χ4v) is 3.86. The van der Waals surface area contributed by atoms with E-state index in [2.05, 4.69) is 4.74 Å². The molecular formula is C16H20O3. The highest BCUT2D eigenvalue weighted by atomic mass is 16.5. The minimum Gasteiger partial charge on any atom is -0.465 e. The maximum atomic E-state index is 11.4. The van der Waals surface area contributed by atoms with Crippen molar-refractivity contribution in [3.8, 4) is 0 Å². The normalized spacial score (nSPS) is 30.3. The van der Waals surface area contributed by atoms with Gasteiger partial charge in [-0.15, -0.1) is 0 Å². The highest BCUT2D eigenvalue weighted by Crippen LogP contribution is 2.52. The van der Waals surface area contributed by atoms with E-state index in [0.717, 1.165) is 17.9 Å². The average Bonchev–Trinajstić information content (AvgIpc) is 3.08. The summed E-state index contributed by atoms with van der Waals surface area (Å²) in [5.74, 6) is 1.60. The third-order valence-electron chi connectivity index (χ3n) is 4.87. The van der Waals surface area contributed by atoms with Gasteiger partial charge >= 0.3 is 5.97 Å². The molecule has 2 bridgehead atoms. The van der Waals surface area contributed by atoms with Gasteiger partial charge in [-0.25, -0.2) is 4.79 Å². The van der Waals surface area contributed by atoms with Crippen LogP contribution >= 0.6 is 0 Å². The van der Waals surface area contributed by atoms with Gasteiger partial charge in [0.05, 0.1) is 18.8 Å². The Bertz CT molecular complexity index is 465. The Labute approximate surface area is 113 Å². The summed E-state index contributed by atoms with van der Waals surface area (Å²) >= 11 is 0. The molecule has 3 nitrogen and oxygen atoms in total. The van der Waals surface area contributed by atoms with Gasteiger partial charge in [-0.2, -0.15) is 0 Å². The number of benzene rings is 1. The van der Waals surface area contributed by atoms with Crippen LogP contribution in [0.3, 0.4) is 0 Å². The number of esters is 1. The number of fused-ring (bicyclic) bond motifs is 2. The summed E-state index contributed by atoms with van der Waals surface area (Å²) in [7, 11) is 1.38. The quantitative estimate of drug-likeness (QED) is 0.850. The average molecular weight is 260 g/mol. The standard InChI is InChI=1S/C16H20O3/c1-19-16(18)12-6-4-11(5-7-12)15(17)14-9-10-2-3-13(14)8-10/h4-7,10,13-15,17H,2-3,8-9H2,1H3/t10?,13?,14?,15-/m1/s1. The third kappa shape index (κ3) is 2.27. The second kappa shape index (κ2) is 4.97. The molecule has 3 unspecified atom stereocenters. The summed E-state index contributed by atoms with van der Waals surface area (Å²) in [4.78, 5) is 11.4. The van der Waals surface area contributed by atoms with E-state index in [9.17, 15) is 9.90 Å². The van der Waals surface area contributed by atoms with Gasteiger partial charge in [-0.05, 0) is 54.7 Å². The van der Waals surface area contributed by atoms with Gasteiger partial charge in [0, 0.05) is 0 Å². The lowest BCUT2D eigenvalue weighted by molar-refractivity contribution is 0.0599. The number of methoxy groups -OCH3 is 1. The molecule has 3 heteroatoms. The van der Waals surface area contributed by atoms with Crippen LogP contribution in [0.4, 0.5) is 0 Å². The Morgan fingerprint density at radius 3 is 2.53 bits per heavy atom. The molecule has 0 aliphatic heterocycles. The number of rotatable bonds is 3. The number of hydrogen-bond acceptors (Lipinski definition) is 3. The molecule has 1 aromatic carbocycles. The summed E-state index contributed by atoms with van der Waals surface area (Å²) in [5, 5.41) is 10.5. The summed E-state index contributed by atoms with van der Waals surface area (Å²) in [5.41, 5.74) is 1.46. The predicted molar refractivity (Wildman–Crippen MR) is 71.7 cm³/mol. The highest BCUT2D eigenvalue weighted by molar-refractivity contribution is 5.89. The SMILES string of the molecule is COC(=O)c1ccc([C@@H](O)C2CC3CCC2C3)cc1. The fraction of sp³-hybridized carbons (Fsp3) is 0.562. The molecule has 0 spiro atoms. The van der Waals surface area contributed by atoms with E-state index in [-0.39, 0.29) is 12.1 Å². The van der Waals surface area contributed by atoms with Crippen LogP contribution < -0.4 is 0 Å². The maximum absolute atomic E-state index is 11.4. The molecule has 102 valence electrons. The molecular weight excluding hydrogens is 240 g/mol. The Morgan fingerprint density at radius 2 is 2.00 bits per heavy atom. The first-order valence-electron chi connectivity index (χ1n) is 7.05. The molecule has 1 aromatic rings. The smallest absolute Gasteiger partial charge is 0.337 e. The lowest BCUT2D eigenvalue weighted by Gasteiger charge is -2.27. The van der Waals surface area contributed by atoms with Crippen molar-refractivity contribution < 1.29 is 14.6 Å². The van der Waals surface area contributed by atoms with Crippen LogP contribution in [-0.4, -0.2) is 18.2 Å². The first kappa shape index (κ1) is 12.7. The Morgan fingerprint density at radius 1 is 1.26 bits per heavy atom. The Kier molecular flexibility index (Phi) is 3.31. The number of aliphatic hydroxyl groups excluding tert-OH is 1. The van der Waals surface area contributed by atoms with E-state index in [0.29, 0.717) is 17.4 Å². The van der Waals surface area contributed by atoms with Gasteiger partial charge < -0.3 is 9.84 Å². The second-order valence-corrected chi connectivity index (χ2v) is 5.90. The monoisotopic (exact) mass is 260 g/mol. The summed E-state index contributed by atoms with van der Waals surface area (Å²) < 4.78 is 4.68. The maximum Gasteiger partial charge on any atom is 0.337 e. The molecule has 2 aliphatic carbocycles. The molecule has 0 saturated heterocycles. The molecule has 19 heavy (non-hydrogen) atoms. The zero-order valence-corrected chi connectivity index (χ0v) is 11.2. The van der Waals surface area contributed by atoms with E-state index in [1.54, 1.807) is 12.1 Å². The Hall–Kier alpha value is -1.35. The van der Waals surface area contributed by atoms with E-state index < -0.39 is 0 Å². The highest BCUT2D eigenvalue weighted by Gasteiger charge is 2.42. The van der Waals surface area contributed by atoms with Gasteiger partial charge in [-0.3, -0.25) is 0 Å². The summed E-state index contributed by atoms with van der Waals surface area (Å²) in [6, 6.07) is 7.17. The van der Waals surface area contributed by atoms with Crippen molar-refractivity contribution in [2.24, 2.45) is 17.8 Å². The first-order valence-corrected chi connectivity index (χ1v) is 7.05. The number of hydrogen-bond donors (Lipinski definition) is 1. The molecule has 0 aromatic heterocycles. The largest absolute Gasteiger partial charge is 0.465 e. The zero-order valence-electron chi connectivity index (χ0n) is 11.2. The number of carbonyl (C=O) groups excluding carboxylic acids is 1. The van der Waals surface area contributed by atoms with E-state index in [1.165, 1.54) is 26.4 Å². The molecule has 1 N–H and O–H groups in total. The van der Waals surface area contributed by atoms with Crippen molar-refractivity contribution in [3.05, 3.63) is 35.4 Å². The fourth-order valence-electron chi connectivity index (χ4n) is 3.86. The number of ether oxygens (including phenoxy) is 1. The number of aliphatic hydroxyl groups is 1. The minimum absolute atomic E-state index is 0.332. The van der Waals surface area contributed by atoms with Crippen molar-refractivity contribution in [2.75, 3.05) is 7.11 Å². The van der Waals surface area contributed by atoms with Crippen molar-refractivity contribution in [2.45, 2.75) is 31.8 Å². The summed E-state index contributed by atoms with van der Waals surface area (Å²) in [6.07, 6.45) is 4.68.